The Hall–Kier alpha value is -1.80. The predicted octanol–water partition coefficient (Wildman–Crippen LogP) is 3.84. The summed E-state index contributed by atoms with van der Waals surface area (Å²) in [5.74, 6) is -0.307. The number of fused-ring (bicyclic) bond motifs is 2. The Balaban J connectivity index is 1.28. The van der Waals surface area contributed by atoms with Gasteiger partial charge in [-0.1, -0.05) is 25.1 Å². The van der Waals surface area contributed by atoms with Crippen molar-refractivity contribution in [2.75, 3.05) is 14.1 Å². The van der Waals surface area contributed by atoms with Crippen LogP contribution in [0.1, 0.15) is 57.4 Å². The van der Waals surface area contributed by atoms with E-state index in [-0.39, 0.29) is 29.7 Å². The number of likely N-dealkylation sites (N-methyl/N-ethyl adjacent to an activating group) is 1. The number of allylic oxidation sites excluding steroid dienone is 2. The molecule has 35 heavy (non-hydrogen) atoms. The van der Waals surface area contributed by atoms with Crippen LogP contribution in [-0.4, -0.2) is 74.5 Å². The molecule has 6 nitrogen and oxygen atoms in total. The third-order valence-electron chi connectivity index (χ3n) is 11.0. The third-order valence-corrected chi connectivity index (χ3v) is 11.0. The molecule has 7 rings (SSSR count). The van der Waals surface area contributed by atoms with Crippen LogP contribution in [0.15, 0.2) is 30.5 Å². The molecule has 3 heterocycles. The summed E-state index contributed by atoms with van der Waals surface area (Å²) < 4.78 is 24.2. The fourth-order valence-electron chi connectivity index (χ4n) is 9.11. The standard InChI is InChI=1S/C28H36FN3O3/c1-25-8-10-27(29)13-19-23(33)24(34)21(32(2)3)14-26(19)9-11-28(27,35-26)22(25)7-6-18(25)16-4-5-17-15-30-31-20(17)12-16/h4-6,12,15,19,21-24,33-34H,7-11,13-14H2,1-3H3,(H,30,31)/t19?,21-,22?,23+,24+,25+,26+,27?,28-/m0/s1. The molecule has 4 fully saturated rings. The van der Waals surface area contributed by atoms with Crippen LogP contribution in [0.2, 0.25) is 0 Å². The summed E-state index contributed by atoms with van der Waals surface area (Å²) in [6.45, 7) is 2.31. The van der Waals surface area contributed by atoms with Gasteiger partial charge >= 0.3 is 0 Å². The summed E-state index contributed by atoms with van der Waals surface area (Å²) in [5.41, 5.74) is 0.432. The number of nitrogens with one attached hydrogen (secondary N) is 1. The van der Waals surface area contributed by atoms with Crippen molar-refractivity contribution < 1.29 is 19.3 Å². The van der Waals surface area contributed by atoms with Crippen molar-refractivity contribution in [3.8, 4) is 0 Å². The van der Waals surface area contributed by atoms with E-state index < -0.39 is 29.1 Å². The van der Waals surface area contributed by atoms with Crippen molar-refractivity contribution in [1.82, 2.24) is 15.1 Å². The lowest BCUT2D eigenvalue weighted by Crippen LogP contribution is -2.72. The number of alkyl halides is 1. The summed E-state index contributed by atoms with van der Waals surface area (Å²) in [4.78, 5) is 1.98. The maximum Gasteiger partial charge on any atom is 0.140 e. The van der Waals surface area contributed by atoms with Crippen LogP contribution in [0.25, 0.3) is 16.5 Å². The largest absolute Gasteiger partial charge is 0.390 e. The molecule has 2 bridgehead atoms. The van der Waals surface area contributed by atoms with Crippen molar-refractivity contribution in [1.29, 1.82) is 0 Å². The average Bonchev–Trinajstić information content (AvgIpc) is 3.52. The first-order valence-electron chi connectivity index (χ1n) is 13.2. The highest BCUT2D eigenvalue weighted by Gasteiger charge is 2.77. The number of ether oxygens (including phenoxy) is 1. The van der Waals surface area contributed by atoms with Gasteiger partial charge in [0.25, 0.3) is 0 Å². The summed E-state index contributed by atoms with van der Waals surface area (Å²) >= 11 is 0. The van der Waals surface area contributed by atoms with Gasteiger partial charge in [-0.3, -0.25) is 5.10 Å². The van der Waals surface area contributed by atoms with E-state index in [0.29, 0.717) is 19.3 Å². The molecule has 7 heteroatoms. The van der Waals surface area contributed by atoms with E-state index in [1.807, 2.05) is 25.2 Å². The zero-order valence-corrected chi connectivity index (χ0v) is 20.8. The molecule has 2 spiro atoms. The normalized spacial score (nSPS) is 48.5. The first kappa shape index (κ1) is 22.4. The second-order valence-corrected chi connectivity index (χ2v) is 12.5. The van der Waals surface area contributed by atoms with E-state index in [9.17, 15) is 10.2 Å². The molecule has 2 aliphatic heterocycles. The first-order chi connectivity index (χ1) is 16.6. The fourth-order valence-corrected chi connectivity index (χ4v) is 9.11. The molecule has 2 saturated heterocycles. The number of aliphatic hydroxyl groups is 2. The molecule has 3 unspecified atom stereocenters. The minimum Gasteiger partial charge on any atom is -0.390 e. The fraction of sp³-hybridized carbons (Fsp3) is 0.679. The Morgan fingerprint density at radius 1 is 1.11 bits per heavy atom. The van der Waals surface area contributed by atoms with Gasteiger partial charge in [-0.15, -0.1) is 0 Å². The van der Waals surface area contributed by atoms with E-state index in [4.69, 9.17) is 4.74 Å². The molecule has 3 aliphatic carbocycles. The second kappa shape index (κ2) is 6.94. The lowest BCUT2D eigenvalue weighted by Gasteiger charge is -2.64. The van der Waals surface area contributed by atoms with Crippen molar-refractivity contribution in [2.45, 2.75) is 87.0 Å². The summed E-state index contributed by atoms with van der Waals surface area (Å²) in [5, 5.41) is 30.4. The van der Waals surface area contributed by atoms with Gasteiger partial charge in [0.2, 0.25) is 0 Å². The zero-order chi connectivity index (χ0) is 24.4. The van der Waals surface area contributed by atoms with Crippen LogP contribution in [0.4, 0.5) is 4.39 Å². The van der Waals surface area contributed by atoms with E-state index in [1.54, 1.807) is 0 Å². The van der Waals surface area contributed by atoms with Crippen LogP contribution in [0.3, 0.4) is 0 Å². The number of benzene rings is 1. The number of aromatic nitrogens is 2. The maximum atomic E-state index is 17.2. The summed E-state index contributed by atoms with van der Waals surface area (Å²) in [6, 6.07) is 6.25. The average molecular weight is 482 g/mol. The number of halogens is 1. The van der Waals surface area contributed by atoms with E-state index in [2.05, 4.69) is 41.4 Å². The number of H-pyrrole nitrogens is 1. The smallest absolute Gasteiger partial charge is 0.140 e. The Morgan fingerprint density at radius 2 is 1.94 bits per heavy atom. The number of rotatable bonds is 2. The monoisotopic (exact) mass is 481 g/mol. The minimum atomic E-state index is -1.48. The highest BCUT2D eigenvalue weighted by atomic mass is 19.1. The number of aromatic amines is 1. The Morgan fingerprint density at radius 3 is 2.74 bits per heavy atom. The molecular weight excluding hydrogens is 445 g/mol. The molecule has 9 atom stereocenters. The van der Waals surface area contributed by atoms with Crippen LogP contribution >= 0.6 is 0 Å². The summed E-state index contributed by atoms with van der Waals surface area (Å²) in [7, 11) is 3.87. The maximum absolute atomic E-state index is 17.2. The van der Waals surface area contributed by atoms with Gasteiger partial charge in [-0.2, -0.15) is 5.10 Å². The lowest BCUT2D eigenvalue weighted by molar-refractivity contribution is -0.314. The number of aliphatic hydroxyl groups excluding tert-OH is 2. The SMILES string of the molecule is CN(C)[C@H]1C[C@@]23CC[C@]4(O2)C2CC=C(c5ccc6cn[nH]c6c5)[C@@]2(C)CCC4(F)CC3[C@@H](O)[C@@H]1O. The Bertz CT molecular complexity index is 1230. The lowest BCUT2D eigenvalue weighted by atomic mass is 9.51. The van der Waals surface area contributed by atoms with E-state index in [0.717, 1.165) is 30.2 Å². The number of hydrogen-bond donors (Lipinski definition) is 3. The summed E-state index contributed by atoms with van der Waals surface area (Å²) in [6.07, 6.45) is 6.66. The molecule has 5 aliphatic rings. The van der Waals surface area contributed by atoms with Crippen molar-refractivity contribution in [3.63, 3.8) is 0 Å². The minimum absolute atomic E-state index is 0.0586. The van der Waals surface area contributed by atoms with Gasteiger partial charge in [0, 0.05) is 23.3 Å². The van der Waals surface area contributed by atoms with Gasteiger partial charge in [0.1, 0.15) is 11.3 Å². The Kier molecular flexibility index (Phi) is 4.44. The van der Waals surface area contributed by atoms with Crippen LogP contribution in [0.5, 0.6) is 0 Å². The van der Waals surface area contributed by atoms with Crippen LogP contribution < -0.4 is 0 Å². The second-order valence-electron chi connectivity index (χ2n) is 12.5. The predicted molar refractivity (Wildman–Crippen MR) is 131 cm³/mol. The zero-order valence-electron chi connectivity index (χ0n) is 20.8. The third kappa shape index (κ3) is 2.65. The van der Waals surface area contributed by atoms with Gasteiger partial charge in [-0.25, -0.2) is 4.39 Å². The van der Waals surface area contributed by atoms with Gasteiger partial charge in [0.15, 0.2) is 0 Å². The topological polar surface area (TPSA) is 81.6 Å². The van der Waals surface area contributed by atoms with Gasteiger partial charge < -0.3 is 19.8 Å². The molecule has 1 aromatic heterocycles. The highest BCUT2D eigenvalue weighted by molar-refractivity contribution is 5.84. The van der Waals surface area contributed by atoms with E-state index >= 15 is 4.39 Å². The molecule has 3 N–H and O–H groups in total. The van der Waals surface area contributed by atoms with E-state index in [1.165, 1.54) is 11.1 Å². The highest BCUT2D eigenvalue weighted by Crippen LogP contribution is 2.72. The first-order valence-corrected chi connectivity index (χ1v) is 13.2. The molecule has 2 saturated carbocycles. The van der Waals surface area contributed by atoms with Crippen molar-refractivity contribution >= 4 is 16.5 Å². The van der Waals surface area contributed by atoms with Crippen molar-refractivity contribution in [2.24, 2.45) is 17.3 Å². The molecule has 0 amide bonds. The molecule has 0 radical (unpaired) electrons. The van der Waals surface area contributed by atoms with Gasteiger partial charge in [-0.05, 0) is 81.7 Å². The quantitative estimate of drug-likeness (QED) is 0.607. The van der Waals surface area contributed by atoms with Gasteiger partial charge in [0.05, 0.1) is 29.5 Å². The number of hydrogen-bond acceptors (Lipinski definition) is 5. The molecule has 188 valence electrons. The molecule has 1 aromatic carbocycles. The van der Waals surface area contributed by atoms with Crippen LogP contribution in [-0.2, 0) is 4.74 Å². The molecular formula is C28H36FN3O3. The number of nitrogens with zero attached hydrogens (tertiary/aromatic N) is 2. The Labute approximate surface area is 205 Å². The van der Waals surface area contributed by atoms with Crippen molar-refractivity contribution in [3.05, 3.63) is 36.0 Å². The molecule has 2 aromatic rings. The van der Waals surface area contributed by atoms with Crippen LogP contribution in [0, 0.1) is 17.3 Å².